The summed E-state index contributed by atoms with van der Waals surface area (Å²) in [5.74, 6) is 0.585. The molecule has 3 aromatic rings. The average Bonchev–Trinajstić information content (AvgIpc) is 3.22. The van der Waals surface area contributed by atoms with E-state index in [4.69, 9.17) is 0 Å². The van der Waals surface area contributed by atoms with Crippen molar-refractivity contribution in [2.45, 2.75) is 45.6 Å². The van der Waals surface area contributed by atoms with E-state index in [2.05, 4.69) is 16.0 Å². The summed E-state index contributed by atoms with van der Waals surface area (Å²) in [6.45, 7) is 6.39. The van der Waals surface area contributed by atoms with Crippen molar-refractivity contribution in [1.29, 1.82) is 0 Å². The highest BCUT2D eigenvalue weighted by Crippen LogP contribution is 2.30. The lowest BCUT2D eigenvalue weighted by atomic mass is 9.99. The number of aryl methyl sites for hydroxylation is 2. The first-order chi connectivity index (χ1) is 15.0. The number of fused-ring (bicyclic) bond motifs is 2. The first-order valence-electron chi connectivity index (χ1n) is 11.0. The highest BCUT2D eigenvalue weighted by molar-refractivity contribution is 7.14. The van der Waals surface area contributed by atoms with Gasteiger partial charge in [-0.2, -0.15) is 0 Å². The molecule has 31 heavy (non-hydrogen) atoms. The van der Waals surface area contributed by atoms with Gasteiger partial charge < -0.3 is 9.80 Å². The summed E-state index contributed by atoms with van der Waals surface area (Å²) in [5.41, 5.74) is 2.78. The zero-order chi connectivity index (χ0) is 21.5. The predicted molar refractivity (Wildman–Crippen MR) is 123 cm³/mol. The lowest BCUT2D eigenvalue weighted by Gasteiger charge is -2.35. The van der Waals surface area contributed by atoms with Crippen LogP contribution in [0.5, 0.6) is 0 Å². The van der Waals surface area contributed by atoms with Gasteiger partial charge in [0.05, 0.1) is 22.1 Å². The molecule has 7 nitrogen and oxygen atoms in total. The van der Waals surface area contributed by atoms with Crippen molar-refractivity contribution >= 4 is 34.1 Å². The van der Waals surface area contributed by atoms with Crippen LogP contribution in [0.1, 0.15) is 52.8 Å². The molecule has 0 bridgehead atoms. The van der Waals surface area contributed by atoms with Crippen molar-refractivity contribution < 1.29 is 4.79 Å². The van der Waals surface area contributed by atoms with Crippen LogP contribution in [0.3, 0.4) is 0 Å². The maximum Gasteiger partial charge on any atom is 0.294 e. The maximum atomic E-state index is 13.2. The van der Waals surface area contributed by atoms with Gasteiger partial charge in [0, 0.05) is 43.3 Å². The van der Waals surface area contributed by atoms with E-state index >= 15 is 0 Å². The van der Waals surface area contributed by atoms with Crippen LogP contribution in [0.4, 0.5) is 5.82 Å². The minimum Gasteiger partial charge on any atom is -0.348 e. The molecule has 5 rings (SSSR count). The second kappa shape index (κ2) is 8.07. The van der Waals surface area contributed by atoms with Gasteiger partial charge in [0.1, 0.15) is 0 Å². The summed E-state index contributed by atoms with van der Waals surface area (Å²) in [5, 5.41) is 0. The minimum atomic E-state index is -0.0961. The largest absolute Gasteiger partial charge is 0.348 e. The first-order valence-corrected chi connectivity index (χ1v) is 11.9. The number of anilines is 1. The minimum absolute atomic E-state index is 0.00804. The molecule has 0 saturated carbocycles. The zero-order valence-electron chi connectivity index (χ0n) is 18.0. The van der Waals surface area contributed by atoms with E-state index < -0.39 is 0 Å². The van der Waals surface area contributed by atoms with Crippen molar-refractivity contribution in [3.63, 3.8) is 0 Å². The van der Waals surface area contributed by atoms with Crippen LogP contribution in [0, 0.1) is 0 Å². The van der Waals surface area contributed by atoms with Gasteiger partial charge in [0.25, 0.3) is 11.5 Å². The van der Waals surface area contributed by atoms with Crippen LogP contribution >= 0.6 is 11.3 Å². The Balaban J connectivity index is 1.36. The molecule has 0 unspecified atom stereocenters. The van der Waals surface area contributed by atoms with Crippen LogP contribution in [0.2, 0.25) is 0 Å². The van der Waals surface area contributed by atoms with Crippen molar-refractivity contribution in [3.8, 4) is 0 Å². The van der Waals surface area contributed by atoms with E-state index in [9.17, 15) is 9.59 Å². The molecule has 0 spiro atoms. The number of hydrogen-bond acceptors (Lipinski definition) is 6. The van der Waals surface area contributed by atoms with E-state index in [0.717, 1.165) is 28.8 Å². The molecule has 0 aromatic carbocycles. The first kappa shape index (κ1) is 20.2. The summed E-state index contributed by atoms with van der Waals surface area (Å²) < 4.78 is 1.76. The molecule has 1 aliphatic heterocycles. The summed E-state index contributed by atoms with van der Waals surface area (Å²) in [4.78, 5) is 41.3. The van der Waals surface area contributed by atoms with Crippen LogP contribution in [-0.2, 0) is 12.8 Å². The SMILES string of the molecule is CC(C)n1c(=O)c(N2CCN(C(=O)c3cc4c(s3)CCCC4)CC2)nc2ccncc21. The monoisotopic (exact) mass is 437 g/mol. The van der Waals surface area contributed by atoms with E-state index in [1.807, 2.05) is 29.7 Å². The molecule has 162 valence electrons. The van der Waals surface area contributed by atoms with Crippen LogP contribution in [-0.4, -0.2) is 51.5 Å². The fourth-order valence-corrected chi connectivity index (χ4v) is 5.85. The number of amides is 1. The molecule has 0 N–H and O–H groups in total. The van der Waals surface area contributed by atoms with Gasteiger partial charge in [0.2, 0.25) is 0 Å². The molecule has 1 saturated heterocycles. The Morgan fingerprint density at radius 2 is 1.90 bits per heavy atom. The van der Waals surface area contributed by atoms with E-state index in [-0.39, 0.29) is 17.5 Å². The standard InChI is InChI=1S/C23H27N5O2S/c1-15(2)28-18-14-24-8-7-17(18)25-21(23(28)30)26-9-11-27(12-10-26)22(29)20-13-16-5-3-4-6-19(16)31-20/h7-8,13-15H,3-6,9-12H2,1-2H3. The topological polar surface area (TPSA) is 71.3 Å². The molecule has 1 amide bonds. The Labute approximate surface area is 185 Å². The molecule has 0 atom stereocenters. The molecular weight excluding hydrogens is 410 g/mol. The number of aromatic nitrogens is 3. The van der Waals surface area contributed by atoms with Gasteiger partial charge in [0.15, 0.2) is 5.82 Å². The van der Waals surface area contributed by atoms with Gasteiger partial charge in [-0.25, -0.2) is 4.98 Å². The van der Waals surface area contributed by atoms with Gasteiger partial charge >= 0.3 is 0 Å². The van der Waals surface area contributed by atoms with Gasteiger partial charge in [-0.15, -0.1) is 11.3 Å². The maximum absolute atomic E-state index is 13.2. The van der Waals surface area contributed by atoms with Crippen molar-refractivity contribution in [3.05, 3.63) is 50.2 Å². The molecule has 4 heterocycles. The number of thiophene rings is 1. The number of piperazine rings is 1. The highest BCUT2D eigenvalue weighted by Gasteiger charge is 2.27. The lowest BCUT2D eigenvalue weighted by Crippen LogP contribution is -2.50. The zero-order valence-corrected chi connectivity index (χ0v) is 18.8. The average molecular weight is 438 g/mol. The second-order valence-electron chi connectivity index (χ2n) is 8.61. The predicted octanol–water partition coefficient (Wildman–Crippen LogP) is 3.28. The van der Waals surface area contributed by atoms with Gasteiger partial charge in [-0.05, 0) is 57.2 Å². The summed E-state index contributed by atoms with van der Waals surface area (Å²) in [6.07, 6.45) is 8.04. The molecule has 8 heteroatoms. The summed E-state index contributed by atoms with van der Waals surface area (Å²) in [7, 11) is 0. The number of nitrogens with zero attached hydrogens (tertiary/aromatic N) is 5. The highest BCUT2D eigenvalue weighted by atomic mass is 32.1. The van der Waals surface area contributed by atoms with Gasteiger partial charge in [-0.1, -0.05) is 0 Å². The Morgan fingerprint density at radius 3 is 2.65 bits per heavy atom. The summed E-state index contributed by atoms with van der Waals surface area (Å²) >= 11 is 1.67. The number of carbonyl (C=O) groups is 1. The number of pyridine rings is 1. The Bertz CT molecular complexity index is 1170. The normalized spacial score (nSPS) is 16.7. The van der Waals surface area contributed by atoms with Crippen molar-refractivity contribution in [2.24, 2.45) is 0 Å². The molecule has 0 radical (unpaired) electrons. The van der Waals surface area contributed by atoms with E-state index in [1.165, 1.54) is 23.3 Å². The number of hydrogen-bond donors (Lipinski definition) is 0. The summed E-state index contributed by atoms with van der Waals surface area (Å²) in [6, 6.07) is 3.96. The van der Waals surface area contributed by atoms with Gasteiger partial charge in [-0.3, -0.25) is 19.1 Å². The third kappa shape index (κ3) is 3.63. The Hall–Kier alpha value is -2.74. The fourth-order valence-electron chi connectivity index (χ4n) is 4.63. The number of carbonyl (C=O) groups excluding carboxylic acids is 1. The molecule has 1 fully saturated rings. The molecule has 2 aliphatic rings. The fraction of sp³-hybridized carbons (Fsp3) is 0.478. The van der Waals surface area contributed by atoms with Crippen LogP contribution < -0.4 is 10.5 Å². The second-order valence-corrected chi connectivity index (χ2v) is 9.75. The quantitative estimate of drug-likeness (QED) is 0.629. The smallest absolute Gasteiger partial charge is 0.294 e. The number of rotatable bonds is 3. The molecule has 1 aliphatic carbocycles. The third-order valence-corrected chi connectivity index (χ3v) is 7.49. The van der Waals surface area contributed by atoms with E-state index in [0.29, 0.717) is 32.0 Å². The Morgan fingerprint density at radius 1 is 1.13 bits per heavy atom. The third-order valence-electron chi connectivity index (χ3n) is 6.26. The van der Waals surface area contributed by atoms with Crippen LogP contribution in [0.15, 0.2) is 29.3 Å². The van der Waals surface area contributed by atoms with Crippen molar-refractivity contribution in [1.82, 2.24) is 19.4 Å². The Kier molecular flexibility index (Phi) is 5.25. The molecular formula is C23H27N5O2S. The van der Waals surface area contributed by atoms with Crippen molar-refractivity contribution in [2.75, 3.05) is 31.1 Å². The van der Waals surface area contributed by atoms with Crippen LogP contribution in [0.25, 0.3) is 11.0 Å². The van der Waals surface area contributed by atoms with E-state index in [1.54, 1.807) is 28.3 Å². The molecule has 3 aromatic heterocycles. The lowest BCUT2D eigenvalue weighted by molar-refractivity contribution is 0.0751.